The minimum atomic E-state index is 0.283. The molecule has 21 heavy (non-hydrogen) atoms. The second-order valence-corrected chi connectivity index (χ2v) is 5.48. The van der Waals surface area contributed by atoms with Crippen molar-refractivity contribution in [1.82, 2.24) is 5.32 Å². The van der Waals surface area contributed by atoms with Crippen LogP contribution in [0.5, 0.6) is 11.5 Å². The number of hydrogen-bond donors (Lipinski definition) is 1. The van der Waals surface area contributed by atoms with Crippen LogP contribution in [0.3, 0.4) is 0 Å². The van der Waals surface area contributed by atoms with Gasteiger partial charge in [0, 0.05) is 6.04 Å². The number of nitrogens with one attached hydrogen (secondary N) is 1. The summed E-state index contributed by atoms with van der Waals surface area (Å²) in [5, 5.41) is 4.01. The highest BCUT2D eigenvalue weighted by Crippen LogP contribution is 2.31. The van der Waals surface area contributed by atoms with Gasteiger partial charge in [0.2, 0.25) is 0 Å². The second-order valence-electron chi connectivity index (χ2n) is 5.07. The lowest BCUT2D eigenvalue weighted by molar-refractivity contribution is 0.482. The lowest BCUT2D eigenvalue weighted by atomic mass is 10.1. The molecule has 1 unspecified atom stereocenters. The van der Waals surface area contributed by atoms with E-state index in [-0.39, 0.29) is 6.04 Å². The fraction of sp³-hybridized carbons (Fsp3) is 0.333. The second kappa shape index (κ2) is 7.48. The van der Waals surface area contributed by atoms with Gasteiger partial charge in [0.25, 0.3) is 0 Å². The van der Waals surface area contributed by atoms with E-state index in [9.17, 15) is 0 Å². The smallest absolute Gasteiger partial charge is 0.146 e. The maximum absolute atomic E-state index is 6.33. The summed E-state index contributed by atoms with van der Waals surface area (Å²) < 4.78 is 5.85. The summed E-state index contributed by atoms with van der Waals surface area (Å²) in [5.74, 6) is 1.50. The number of hydrogen-bond acceptors (Lipinski definition) is 2. The monoisotopic (exact) mass is 303 g/mol. The van der Waals surface area contributed by atoms with Crippen LogP contribution in [0.4, 0.5) is 0 Å². The average Bonchev–Trinajstić information content (AvgIpc) is 2.50. The summed E-state index contributed by atoms with van der Waals surface area (Å²) in [6, 6.07) is 14.3. The maximum Gasteiger partial charge on any atom is 0.146 e. The van der Waals surface area contributed by atoms with Gasteiger partial charge in [-0.1, -0.05) is 43.6 Å². The van der Waals surface area contributed by atoms with Crippen LogP contribution in [0, 0.1) is 0 Å². The van der Waals surface area contributed by atoms with E-state index in [0.29, 0.717) is 10.8 Å². The molecule has 0 aliphatic carbocycles. The van der Waals surface area contributed by atoms with E-state index in [1.807, 2.05) is 24.3 Å². The van der Waals surface area contributed by atoms with Gasteiger partial charge in [-0.25, -0.2) is 0 Å². The topological polar surface area (TPSA) is 21.3 Å². The Kier molecular flexibility index (Phi) is 5.66. The fourth-order valence-corrected chi connectivity index (χ4v) is 2.44. The SMILES string of the molecule is CCNC(C)c1ccc(Oc2ccc(CC)cc2)c(Cl)c1. The molecule has 1 N–H and O–H groups in total. The van der Waals surface area contributed by atoms with Gasteiger partial charge in [0.15, 0.2) is 0 Å². The van der Waals surface area contributed by atoms with Crippen molar-refractivity contribution in [2.24, 2.45) is 0 Å². The van der Waals surface area contributed by atoms with E-state index in [4.69, 9.17) is 16.3 Å². The number of rotatable bonds is 6. The standard InChI is InChI=1S/C18H22ClNO/c1-4-14-6-9-16(10-7-14)21-18-11-8-15(12-17(18)19)13(3)20-5-2/h6-13,20H,4-5H2,1-3H3. The summed E-state index contributed by atoms with van der Waals surface area (Å²) in [4.78, 5) is 0. The van der Waals surface area contributed by atoms with Crippen molar-refractivity contribution < 1.29 is 4.74 Å². The van der Waals surface area contributed by atoms with Crippen molar-refractivity contribution >= 4 is 11.6 Å². The molecule has 0 bridgehead atoms. The number of aryl methyl sites for hydroxylation is 1. The molecule has 0 saturated carbocycles. The van der Waals surface area contributed by atoms with Gasteiger partial charge in [0.1, 0.15) is 11.5 Å². The Morgan fingerprint density at radius 3 is 2.38 bits per heavy atom. The van der Waals surface area contributed by atoms with Crippen LogP contribution in [0.1, 0.15) is 37.9 Å². The van der Waals surface area contributed by atoms with Gasteiger partial charge in [-0.2, -0.15) is 0 Å². The fourth-order valence-electron chi connectivity index (χ4n) is 2.21. The Balaban J connectivity index is 2.13. The summed E-state index contributed by atoms with van der Waals surface area (Å²) >= 11 is 6.33. The molecule has 0 fully saturated rings. The molecule has 0 aliphatic rings. The van der Waals surface area contributed by atoms with Gasteiger partial charge >= 0.3 is 0 Å². The van der Waals surface area contributed by atoms with Crippen LogP contribution in [0.15, 0.2) is 42.5 Å². The molecule has 0 aromatic heterocycles. The molecule has 0 heterocycles. The minimum Gasteiger partial charge on any atom is -0.456 e. The Hall–Kier alpha value is -1.51. The Labute approximate surface area is 132 Å². The summed E-state index contributed by atoms with van der Waals surface area (Å²) in [5.41, 5.74) is 2.46. The molecule has 2 nitrogen and oxygen atoms in total. The Morgan fingerprint density at radius 2 is 1.81 bits per heavy atom. The first-order valence-electron chi connectivity index (χ1n) is 7.43. The van der Waals surface area contributed by atoms with Gasteiger partial charge in [-0.15, -0.1) is 0 Å². The highest BCUT2D eigenvalue weighted by Gasteiger charge is 2.08. The molecule has 2 aromatic carbocycles. The van der Waals surface area contributed by atoms with E-state index in [0.717, 1.165) is 24.3 Å². The first kappa shape index (κ1) is 15.9. The Morgan fingerprint density at radius 1 is 1.10 bits per heavy atom. The number of benzene rings is 2. The summed E-state index contributed by atoms with van der Waals surface area (Å²) in [7, 11) is 0. The van der Waals surface area contributed by atoms with Crippen molar-refractivity contribution in [3.05, 3.63) is 58.6 Å². The van der Waals surface area contributed by atoms with E-state index < -0.39 is 0 Å². The summed E-state index contributed by atoms with van der Waals surface area (Å²) in [6.45, 7) is 7.28. The molecule has 1 atom stereocenters. The number of halogens is 1. The van der Waals surface area contributed by atoms with E-state index >= 15 is 0 Å². The molecule has 0 radical (unpaired) electrons. The largest absolute Gasteiger partial charge is 0.456 e. The third-order valence-electron chi connectivity index (χ3n) is 3.53. The quantitative estimate of drug-likeness (QED) is 0.775. The molecule has 0 spiro atoms. The third-order valence-corrected chi connectivity index (χ3v) is 3.82. The molecule has 112 valence electrons. The normalized spacial score (nSPS) is 12.2. The van der Waals surface area contributed by atoms with Crippen molar-refractivity contribution in [2.75, 3.05) is 6.54 Å². The maximum atomic E-state index is 6.33. The lowest BCUT2D eigenvalue weighted by Crippen LogP contribution is -2.17. The zero-order chi connectivity index (χ0) is 15.2. The van der Waals surface area contributed by atoms with Crippen molar-refractivity contribution in [3.8, 4) is 11.5 Å². The van der Waals surface area contributed by atoms with Crippen LogP contribution < -0.4 is 10.1 Å². The zero-order valence-electron chi connectivity index (χ0n) is 12.8. The predicted molar refractivity (Wildman–Crippen MR) is 89.4 cm³/mol. The molecular formula is C18H22ClNO. The van der Waals surface area contributed by atoms with Crippen LogP contribution in [-0.2, 0) is 6.42 Å². The molecule has 3 heteroatoms. The summed E-state index contributed by atoms with van der Waals surface area (Å²) in [6.07, 6.45) is 1.03. The molecule has 2 rings (SSSR count). The van der Waals surface area contributed by atoms with Crippen LogP contribution in [0.2, 0.25) is 5.02 Å². The molecule has 0 saturated heterocycles. The molecular weight excluding hydrogens is 282 g/mol. The minimum absolute atomic E-state index is 0.283. The lowest BCUT2D eigenvalue weighted by Gasteiger charge is -2.15. The van der Waals surface area contributed by atoms with Crippen molar-refractivity contribution in [1.29, 1.82) is 0 Å². The highest BCUT2D eigenvalue weighted by molar-refractivity contribution is 6.32. The van der Waals surface area contributed by atoms with Crippen molar-refractivity contribution in [2.45, 2.75) is 33.2 Å². The van der Waals surface area contributed by atoms with E-state index in [2.05, 4.69) is 44.3 Å². The van der Waals surface area contributed by atoms with E-state index in [1.54, 1.807) is 0 Å². The van der Waals surface area contributed by atoms with Crippen LogP contribution in [-0.4, -0.2) is 6.54 Å². The van der Waals surface area contributed by atoms with Gasteiger partial charge in [0.05, 0.1) is 5.02 Å². The first-order chi connectivity index (χ1) is 10.1. The van der Waals surface area contributed by atoms with Crippen LogP contribution >= 0.6 is 11.6 Å². The zero-order valence-corrected chi connectivity index (χ0v) is 13.6. The van der Waals surface area contributed by atoms with Gasteiger partial charge < -0.3 is 10.1 Å². The third kappa shape index (κ3) is 4.23. The highest BCUT2D eigenvalue weighted by atomic mass is 35.5. The number of ether oxygens (including phenoxy) is 1. The first-order valence-corrected chi connectivity index (χ1v) is 7.81. The molecule has 0 aliphatic heterocycles. The molecule has 2 aromatic rings. The molecule has 0 amide bonds. The predicted octanol–water partition coefficient (Wildman–Crippen LogP) is 5.37. The average molecular weight is 304 g/mol. The van der Waals surface area contributed by atoms with Crippen LogP contribution in [0.25, 0.3) is 0 Å². The van der Waals surface area contributed by atoms with Crippen molar-refractivity contribution in [3.63, 3.8) is 0 Å². The van der Waals surface area contributed by atoms with Gasteiger partial charge in [-0.05, 0) is 55.3 Å². The van der Waals surface area contributed by atoms with E-state index in [1.165, 1.54) is 5.56 Å². The Bertz CT molecular complexity index is 580. The van der Waals surface area contributed by atoms with Gasteiger partial charge in [-0.3, -0.25) is 0 Å².